The van der Waals surface area contributed by atoms with E-state index >= 15 is 0 Å². The molecule has 1 atom stereocenters. The van der Waals surface area contributed by atoms with Crippen molar-refractivity contribution in [3.05, 3.63) is 34.3 Å². The number of benzene rings is 1. The van der Waals surface area contributed by atoms with Crippen LogP contribution < -0.4 is 5.32 Å². The summed E-state index contributed by atoms with van der Waals surface area (Å²) in [5, 5.41) is 12.2. The third kappa shape index (κ3) is 5.60. The van der Waals surface area contributed by atoms with Gasteiger partial charge in [0.25, 0.3) is 0 Å². The molecule has 1 unspecified atom stereocenters. The first-order valence-corrected chi connectivity index (χ1v) is 5.11. The summed E-state index contributed by atoms with van der Waals surface area (Å²) in [6.45, 7) is 3.21. The summed E-state index contributed by atoms with van der Waals surface area (Å²) in [6, 6.07) is 8.14. The smallest absolute Gasteiger partial charge is 0.0636 e. The molecule has 0 radical (unpaired) electrons. The highest BCUT2D eigenvalue weighted by Gasteiger charge is 1.95. The van der Waals surface area contributed by atoms with Crippen LogP contribution in [0.3, 0.4) is 0 Å². The lowest BCUT2D eigenvalue weighted by atomic mass is 10.2. The quantitative estimate of drug-likeness (QED) is 0.887. The summed E-state index contributed by atoms with van der Waals surface area (Å²) in [5.74, 6) is 0. The van der Waals surface area contributed by atoms with Crippen LogP contribution in [0.4, 0.5) is 0 Å². The van der Waals surface area contributed by atoms with Gasteiger partial charge in [0.05, 0.1) is 6.10 Å². The van der Waals surface area contributed by atoms with Crippen LogP contribution in [0, 0.1) is 0 Å². The Bertz CT molecular complexity index is 251. The van der Waals surface area contributed by atoms with Crippen molar-refractivity contribution in [3.63, 3.8) is 0 Å². The molecule has 0 bridgehead atoms. The Morgan fingerprint density at radius 2 is 1.93 bits per heavy atom. The molecule has 0 amide bonds. The second kappa shape index (κ2) is 7.23. The van der Waals surface area contributed by atoms with Crippen molar-refractivity contribution in [2.45, 2.75) is 19.6 Å². The number of rotatable bonds is 4. The molecule has 1 rings (SSSR count). The van der Waals surface area contributed by atoms with Gasteiger partial charge in [0.1, 0.15) is 0 Å². The highest BCUT2D eigenvalue weighted by atomic mass is 79.9. The van der Waals surface area contributed by atoms with Gasteiger partial charge in [-0.1, -0.05) is 28.1 Å². The SMILES string of the molecule is CC(O)CNCc1ccc(Br)cc1.Cl. The molecular weight excluding hydrogens is 265 g/mol. The molecule has 0 fully saturated rings. The van der Waals surface area contributed by atoms with Crippen molar-refractivity contribution < 1.29 is 5.11 Å². The van der Waals surface area contributed by atoms with E-state index in [0.717, 1.165) is 11.0 Å². The zero-order chi connectivity index (χ0) is 9.68. The average molecular weight is 281 g/mol. The van der Waals surface area contributed by atoms with Gasteiger partial charge in [0, 0.05) is 17.6 Å². The lowest BCUT2D eigenvalue weighted by Crippen LogP contribution is -2.23. The van der Waals surface area contributed by atoms with Gasteiger partial charge in [-0.2, -0.15) is 0 Å². The standard InChI is InChI=1S/C10H14BrNO.ClH/c1-8(13)6-12-7-9-2-4-10(11)5-3-9;/h2-5,8,12-13H,6-7H2,1H3;1H. The fourth-order valence-electron chi connectivity index (χ4n) is 1.03. The van der Waals surface area contributed by atoms with Gasteiger partial charge in [-0.05, 0) is 24.6 Å². The largest absolute Gasteiger partial charge is 0.392 e. The predicted molar refractivity (Wildman–Crippen MR) is 64.8 cm³/mol. The Morgan fingerprint density at radius 1 is 1.36 bits per heavy atom. The lowest BCUT2D eigenvalue weighted by molar-refractivity contribution is 0.191. The van der Waals surface area contributed by atoms with Crippen LogP contribution in [0.25, 0.3) is 0 Å². The molecule has 0 aliphatic carbocycles. The number of nitrogens with one attached hydrogen (secondary N) is 1. The number of halogens is 2. The molecular formula is C10H15BrClNO. The number of aliphatic hydroxyl groups is 1. The van der Waals surface area contributed by atoms with Crippen molar-refractivity contribution in [1.29, 1.82) is 0 Å². The predicted octanol–water partition coefficient (Wildman–Crippen LogP) is 2.34. The van der Waals surface area contributed by atoms with Crippen molar-refractivity contribution in [3.8, 4) is 0 Å². The van der Waals surface area contributed by atoms with E-state index in [4.69, 9.17) is 5.11 Å². The van der Waals surface area contributed by atoms with Crippen LogP contribution in [0.1, 0.15) is 12.5 Å². The van der Waals surface area contributed by atoms with Crippen LogP contribution in [0.5, 0.6) is 0 Å². The molecule has 4 heteroatoms. The second-order valence-corrected chi connectivity index (χ2v) is 4.02. The van der Waals surface area contributed by atoms with Crippen LogP contribution in [0.15, 0.2) is 28.7 Å². The third-order valence-corrected chi connectivity index (χ3v) is 2.21. The van der Waals surface area contributed by atoms with Gasteiger partial charge in [-0.25, -0.2) is 0 Å². The minimum Gasteiger partial charge on any atom is -0.392 e. The summed E-state index contributed by atoms with van der Waals surface area (Å²) in [7, 11) is 0. The molecule has 2 nitrogen and oxygen atoms in total. The van der Waals surface area contributed by atoms with E-state index in [-0.39, 0.29) is 18.5 Å². The van der Waals surface area contributed by atoms with Crippen molar-refractivity contribution in [2.24, 2.45) is 0 Å². The molecule has 0 heterocycles. The van der Waals surface area contributed by atoms with Crippen LogP contribution >= 0.6 is 28.3 Å². The number of aliphatic hydroxyl groups excluding tert-OH is 1. The Labute approximate surface area is 99.3 Å². The van der Waals surface area contributed by atoms with E-state index in [9.17, 15) is 0 Å². The van der Waals surface area contributed by atoms with Gasteiger partial charge in [0.2, 0.25) is 0 Å². The topological polar surface area (TPSA) is 32.3 Å². The molecule has 1 aromatic rings. The minimum atomic E-state index is -0.282. The molecule has 0 spiro atoms. The van der Waals surface area contributed by atoms with E-state index in [1.807, 2.05) is 12.1 Å². The highest BCUT2D eigenvalue weighted by molar-refractivity contribution is 9.10. The van der Waals surface area contributed by atoms with E-state index in [0.29, 0.717) is 6.54 Å². The number of hydrogen-bond acceptors (Lipinski definition) is 2. The van der Waals surface area contributed by atoms with Gasteiger partial charge in [-0.3, -0.25) is 0 Å². The maximum atomic E-state index is 9.00. The van der Waals surface area contributed by atoms with Crippen LogP contribution in [-0.4, -0.2) is 17.8 Å². The first kappa shape index (κ1) is 13.9. The van der Waals surface area contributed by atoms with Crippen molar-refractivity contribution in [2.75, 3.05) is 6.54 Å². The fraction of sp³-hybridized carbons (Fsp3) is 0.400. The Hall–Kier alpha value is -0.0900. The zero-order valence-corrected chi connectivity index (χ0v) is 10.4. The van der Waals surface area contributed by atoms with E-state index in [1.54, 1.807) is 6.92 Å². The second-order valence-electron chi connectivity index (χ2n) is 3.11. The zero-order valence-electron chi connectivity index (χ0n) is 8.03. The minimum absolute atomic E-state index is 0. The molecule has 2 N–H and O–H groups in total. The van der Waals surface area contributed by atoms with E-state index in [1.165, 1.54) is 5.56 Å². The first-order valence-electron chi connectivity index (χ1n) is 4.31. The molecule has 0 saturated heterocycles. The molecule has 0 aromatic heterocycles. The van der Waals surface area contributed by atoms with Crippen molar-refractivity contribution in [1.82, 2.24) is 5.32 Å². The van der Waals surface area contributed by atoms with Crippen LogP contribution in [-0.2, 0) is 6.54 Å². The van der Waals surface area contributed by atoms with Gasteiger partial charge < -0.3 is 10.4 Å². The summed E-state index contributed by atoms with van der Waals surface area (Å²) >= 11 is 3.38. The average Bonchev–Trinajstić information content (AvgIpc) is 2.08. The summed E-state index contributed by atoms with van der Waals surface area (Å²) in [6.07, 6.45) is -0.282. The molecule has 0 saturated carbocycles. The molecule has 1 aromatic carbocycles. The lowest BCUT2D eigenvalue weighted by Gasteiger charge is -2.06. The van der Waals surface area contributed by atoms with Crippen molar-refractivity contribution >= 4 is 28.3 Å². The Morgan fingerprint density at radius 3 is 2.43 bits per heavy atom. The fourth-order valence-corrected chi connectivity index (χ4v) is 1.29. The summed E-state index contributed by atoms with van der Waals surface area (Å²) in [5.41, 5.74) is 1.23. The summed E-state index contributed by atoms with van der Waals surface area (Å²) < 4.78 is 1.09. The highest BCUT2D eigenvalue weighted by Crippen LogP contribution is 2.09. The molecule has 14 heavy (non-hydrogen) atoms. The van der Waals surface area contributed by atoms with Gasteiger partial charge in [0.15, 0.2) is 0 Å². The first-order chi connectivity index (χ1) is 6.18. The van der Waals surface area contributed by atoms with Gasteiger partial charge >= 0.3 is 0 Å². The van der Waals surface area contributed by atoms with E-state index < -0.39 is 0 Å². The Kier molecular flexibility index (Phi) is 7.19. The van der Waals surface area contributed by atoms with Crippen LogP contribution in [0.2, 0.25) is 0 Å². The van der Waals surface area contributed by atoms with E-state index in [2.05, 4.69) is 33.4 Å². The molecule has 80 valence electrons. The monoisotopic (exact) mass is 279 g/mol. The maximum Gasteiger partial charge on any atom is 0.0636 e. The molecule has 0 aliphatic rings. The molecule has 0 aliphatic heterocycles. The van der Waals surface area contributed by atoms with Gasteiger partial charge in [-0.15, -0.1) is 12.4 Å². The maximum absolute atomic E-state index is 9.00. The third-order valence-electron chi connectivity index (χ3n) is 1.68. The Balaban J connectivity index is 0.00000169. The normalized spacial score (nSPS) is 11.9. The number of hydrogen-bond donors (Lipinski definition) is 2. The summed E-state index contributed by atoms with van der Waals surface area (Å²) in [4.78, 5) is 0.